The van der Waals surface area contributed by atoms with Crippen LogP contribution in [0.15, 0.2) is 35.0 Å². The first-order valence-electron chi connectivity index (χ1n) is 8.44. The van der Waals surface area contributed by atoms with Crippen molar-refractivity contribution in [1.29, 1.82) is 0 Å². The first-order valence-corrected chi connectivity index (χ1v) is 9.32. The van der Waals surface area contributed by atoms with Gasteiger partial charge in [-0.1, -0.05) is 12.8 Å². The molecule has 3 heterocycles. The number of aromatic nitrogens is 2. The number of alkyl halides is 3. The smallest absolute Gasteiger partial charge is 0.362 e. The van der Waals surface area contributed by atoms with E-state index in [1.54, 1.807) is 29.9 Å². The third kappa shape index (κ3) is 2.69. The zero-order valence-corrected chi connectivity index (χ0v) is 14.6. The molecule has 1 aliphatic heterocycles. The highest BCUT2D eigenvalue weighted by molar-refractivity contribution is 7.14. The SMILES string of the molecule is O[C@]1(C(F)(F)F)[C@H]2CCCCCC2=NN1c1nc(-c2cccnc2)cs1. The van der Waals surface area contributed by atoms with Crippen LogP contribution in [0.25, 0.3) is 11.3 Å². The van der Waals surface area contributed by atoms with Crippen LogP contribution in [0.4, 0.5) is 18.3 Å². The van der Waals surface area contributed by atoms with E-state index in [-0.39, 0.29) is 11.6 Å². The fourth-order valence-corrected chi connectivity index (χ4v) is 4.43. The van der Waals surface area contributed by atoms with Gasteiger partial charge in [0.1, 0.15) is 0 Å². The molecule has 0 saturated heterocycles. The van der Waals surface area contributed by atoms with Crippen molar-refractivity contribution in [1.82, 2.24) is 9.97 Å². The van der Waals surface area contributed by atoms with E-state index in [1.807, 2.05) is 0 Å². The molecular formula is C17H17F3N4OS. The predicted molar refractivity (Wildman–Crippen MR) is 92.8 cm³/mol. The maximum absolute atomic E-state index is 13.9. The number of hydrazone groups is 1. The summed E-state index contributed by atoms with van der Waals surface area (Å²) in [6.07, 6.45) is 1.39. The fourth-order valence-electron chi connectivity index (χ4n) is 3.59. The lowest BCUT2D eigenvalue weighted by molar-refractivity contribution is -0.268. The van der Waals surface area contributed by atoms with Gasteiger partial charge in [0, 0.05) is 29.0 Å². The number of aliphatic hydroxyl groups is 1. The molecule has 1 fully saturated rings. The van der Waals surface area contributed by atoms with Gasteiger partial charge in [-0.2, -0.15) is 23.3 Å². The minimum absolute atomic E-state index is 0.0317. The first kappa shape index (κ1) is 17.4. The molecule has 1 saturated carbocycles. The number of halogens is 3. The van der Waals surface area contributed by atoms with Gasteiger partial charge >= 0.3 is 6.18 Å². The summed E-state index contributed by atoms with van der Waals surface area (Å²) in [6.45, 7) is 0. The standard InChI is InChI=1S/C17H17F3N4OS/c18-17(19,20)16(25)12-6-2-1-3-7-13(12)23-24(16)15-22-14(10-26-15)11-5-4-8-21-9-11/h4-5,8-10,12,25H,1-3,6-7H2/t12-,16-/m0/s1. The number of nitrogens with zero attached hydrogens (tertiary/aromatic N) is 4. The molecule has 0 amide bonds. The van der Waals surface area contributed by atoms with E-state index in [1.165, 1.54) is 0 Å². The molecule has 9 heteroatoms. The van der Waals surface area contributed by atoms with E-state index in [9.17, 15) is 18.3 Å². The molecule has 2 aliphatic rings. The largest absolute Gasteiger partial charge is 0.439 e. The molecule has 0 spiro atoms. The second-order valence-electron chi connectivity index (χ2n) is 6.54. The Morgan fingerprint density at radius 1 is 1.27 bits per heavy atom. The second kappa shape index (κ2) is 6.31. The summed E-state index contributed by atoms with van der Waals surface area (Å²) in [4.78, 5) is 8.29. The van der Waals surface area contributed by atoms with Gasteiger partial charge in [0.05, 0.1) is 11.6 Å². The van der Waals surface area contributed by atoms with Gasteiger partial charge in [0.15, 0.2) is 0 Å². The quantitative estimate of drug-likeness (QED) is 0.845. The zero-order chi connectivity index (χ0) is 18.4. The third-order valence-corrected chi connectivity index (χ3v) is 5.73. The molecule has 4 rings (SSSR count). The van der Waals surface area contributed by atoms with E-state index in [0.29, 0.717) is 34.8 Å². The Hall–Kier alpha value is -2.00. The molecule has 0 unspecified atom stereocenters. The number of pyridine rings is 1. The number of hydrogen-bond acceptors (Lipinski definition) is 6. The summed E-state index contributed by atoms with van der Waals surface area (Å²) in [5.41, 5.74) is -1.42. The summed E-state index contributed by atoms with van der Waals surface area (Å²) in [6, 6.07) is 3.51. The summed E-state index contributed by atoms with van der Waals surface area (Å²) in [5.74, 6) is -1.05. The molecule has 2 atom stereocenters. The molecule has 138 valence electrons. The molecule has 2 aromatic heterocycles. The maximum atomic E-state index is 13.9. The van der Waals surface area contributed by atoms with Crippen LogP contribution < -0.4 is 5.01 Å². The van der Waals surface area contributed by atoms with Crippen LogP contribution in [0.1, 0.15) is 32.1 Å². The number of anilines is 1. The molecule has 0 radical (unpaired) electrons. The van der Waals surface area contributed by atoms with Crippen LogP contribution in [0.3, 0.4) is 0 Å². The van der Waals surface area contributed by atoms with Gasteiger partial charge in [-0.15, -0.1) is 11.3 Å². The lowest BCUT2D eigenvalue weighted by atomic mass is 9.87. The van der Waals surface area contributed by atoms with Crippen molar-refractivity contribution >= 4 is 22.2 Å². The Balaban J connectivity index is 1.76. The highest BCUT2D eigenvalue weighted by Gasteiger charge is 2.67. The maximum Gasteiger partial charge on any atom is 0.439 e. The predicted octanol–water partition coefficient (Wildman–Crippen LogP) is 4.21. The van der Waals surface area contributed by atoms with E-state index in [0.717, 1.165) is 24.2 Å². The lowest BCUT2D eigenvalue weighted by Crippen LogP contribution is -2.60. The van der Waals surface area contributed by atoms with Crippen molar-refractivity contribution < 1.29 is 18.3 Å². The van der Waals surface area contributed by atoms with Gasteiger partial charge < -0.3 is 5.11 Å². The zero-order valence-electron chi connectivity index (χ0n) is 13.8. The van der Waals surface area contributed by atoms with Crippen molar-refractivity contribution in [3.63, 3.8) is 0 Å². The molecule has 0 aromatic carbocycles. The minimum atomic E-state index is -4.84. The highest BCUT2D eigenvalue weighted by Crippen LogP contribution is 2.49. The van der Waals surface area contributed by atoms with Gasteiger partial charge in [0.2, 0.25) is 5.13 Å². The monoisotopic (exact) mass is 382 g/mol. The number of thiazole rings is 1. The number of rotatable bonds is 2. The Kier molecular flexibility index (Phi) is 4.23. The van der Waals surface area contributed by atoms with Crippen LogP contribution in [0.5, 0.6) is 0 Å². The molecular weight excluding hydrogens is 365 g/mol. The van der Waals surface area contributed by atoms with Gasteiger partial charge in [-0.25, -0.2) is 4.98 Å². The summed E-state index contributed by atoms with van der Waals surface area (Å²) < 4.78 is 41.7. The van der Waals surface area contributed by atoms with Gasteiger partial charge in [0.25, 0.3) is 5.72 Å². The molecule has 1 N–H and O–H groups in total. The summed E-state index contributed by atoms with van der Waals surface area (Å²) >= 11 is 1.03. The molecule has 0 bridgehead atoms. The molecule has 26 heavy (non-hydrogen) atoms. The minimum Gasteiger partial charge on any atom is -0.362 e. The van der Waals surface area contributed by atoms with Crippen molar-refractivity contribution in [2.75, 3.05) is 5.01 Å². The van der Waals surface area contributed by atoms with Crippen molar-refractivity contribution in [3.05, 3.63) is 29.9 Å². The highest BCUT2D eigenvalue weighted by atomic mass is 32.1. The Bertz CT molecular complexity index is 823. The van der Waals surface area contributed by atoms with E-state index in [2.05, 4.69) is 15.1 Å². The van der Waals surface area contributed by atoms with E-state index >= 15 is 0 Å². The number of hydrogen-bond donors (Lipinski definition) is 1. The van der Waals surface area contributed by atoms with Crippen molar-refractivity contribution in [2.45, 2.75) is 44.0 Å². The average molecular weight is 382 g/mol. The van der Waals surface area contributed by atoms with Gasteiger partial charge in [-0.05, 0) is 31.4 Å². The molecule has 5 nitrogen and oxygen atoms in total. The average Bonchev–Trinajstić information content (AvgIpc) is 3.12. The van der Waals surface area contributed by atoms with Crippen LogP contribution in [-0.2, 0) is 0 Å². The summed E-state index contributed by atoms with van der Waals surface area (Å²) in [7, 11) is 0. The van der Waals surface area contributed by atoms with E-state index < -0.39 is 17.8 Å². The molecule has 2 aromatic rings. The summed E-state index contributed by atoms with van der Waals surface area (Å²) in [5, 5.41) is 17.3. The lowest BCUT2D eigenvalue weighted by Gasteiger charge is -2.37. The topological polar surface area (TPSA) is 61.6 Å². The Morgan fingerprint density at radius 2 is 2.12 bits per heavy atom. The first-order chi connectivity index (χ1) is 12.4. The van der Waals surface area contributed by atoms with Crippen molar-refractivity contribution in [3.8, 4) is 11.3 Å². The van der Waals surface area contributed by atoms with Crippen LogP contribution in [-0.4, -0.2) is 32.7 Å². The van der Waals surface area contributed by atoms with Crippen LogP contribution in [0.2, 0.25) is 0 Å². The second-order valence-corrected chi connectivity index (χ2v) is 7.37. The van der Waals surface area contributed by atoms with Crippen LogP contribution >= 0.6 is 11.3 Å². The van der Waals surface area contributed by atoms with Crippen molar-refractivity contribution in [2.24, 2.45) is 11.0 Å². The van der Waals surface area contributed by atoms with Crippen LogP contribution in [0, 0.1) is 5.92 Å². The fraction of sp³-hybridized carbons (Fsp3) is 0.471. The third-order valence-electron chi connectivity index (χ3n) is 4.91. The molecule has 1 aliphatic carbocycles. The van der Waals surface area contributed by atoms with Gasteiger partial charge in [-0.3, -0.25) is 4.98 Å². The van der Waals surface area contributed by atoms with E-state index in [4.69, 9.17) is 0 Å². The normalized spacial score (nSPS) is 26.4. The Labute approximate surface area is 152 Å². The number of fused-ring (bicyclic) bond motifs is 1. The Morgan fingerprint density at radius 3 is 2.85 bits per heavy atom.